The number of halogens is 3. The molecule has 0 atom stereocenters. The van der Waals surface area contributed by atoms with E-state index in [1.165, 1.54) is 12.1 Å². The highest BCUT2D eigenvalue weighted by atomic mass is 19.4. The van der Waals surface area contributed by atoms with Gasteiger partial charge >= 0.3 is 12.1 Å². The van der Waals surface area contributed by atoms with Crippen LogP contribution in [0.3, 0.4) is 0 Å². The predicted molar refractivity (Wildman–Crippen MR) is 70.9 cm³/mol. The zero-order chi connectivity index (χ0) is 15.0. The van der Waals surface area contributed by atoms with Gasteiger partial charge in [0, 0.05) is 10.8 Å². The predicted octanol–water partition coefficient (Wildman–Crippen LogP) is 3.86. The quantitative estimate of drug-likeness (QED) is 0.388. The summed E-state index contributed by atoms with van der Waals surface area (Å²) in [5.41, 5.74) is 1.17. The zero-order valence-electron chi connectivity index (χ0n) is 10.5. The second-order valence-corrected chi connectivity index (χ2v) is 4.39. The van der Waals surface area contributed by atoms with Gasteiger partial charge in [-0.15, -0.1) is 0 Å². The van der Waals surface area contributed by atoms with Crippen molar-refractivity contribution in [3.63, 3.8) is 0 Å². The number of carbonyl (C=O) groups excluding carboxylic acids is 1. The van der Waals surface area contributed by atoms with Crippen LogP contribution < -0.4 is 4.74 Å². The minimum absolute atomic E-state index is 0.159. The molecule has 0 spiro atoms. The lowest BCUT2D eigenvalue weighted by atomic mass is 10.1. The molecule has 0 amide bonds. The number of esters is 1. The summed E-state index contributed by atoms with van der Waals surface area (Å²) in [7, 11) is 0. The zero-order valence-corrected chi connectivity index (χ0v) is 10.5. The van der Waals surface area contributed by atoms with E-state index < -0.39 is 12.1 Å². The summed E-state index contributed by atoms with van der Waals surface area (Å²) < 4.78 is 41.3. The monoisotopic (exact) mass is 291 g/mol. The van der Waals surface area contributed by atoms with Crippen molar-refractivity contribution in [2.75, 3.05) is 0 Å². The molecule has 0 aliphatic rings. The summed E-state index contributed by atoms with van der Waals surface area (Å²) in [4.78, 5) is 15.3. The normalized spacial score (nSPS) is 11.8. The number of rotatable bonds is 1. The molecule has 0 saturated heterocycles. The third-order valence-corrected chi connectivity index (χ3v) is 2.95. The molecule has 0 fully saturated rings. The molecule has 21 heavy (non-hydrogen) atoms. The van der Waals surface area contributed by atoms with Gasteiger partial charge in [0.2, 0.25) is 0 Å². The minimum Gasteiger partial charge on any atom is -0.419 e. The smallest absolute Gasteiger partial charge is 0.419 e. The van der Waals surface area contributed by atoms with E-state index in [-0.39, 0.29) is 5.75 Å². The molecule has 0 bridgehead atoms. The molecule has 1 heterocycles. The molecule has 0 N–H and O–H groups in total. The second-order valence-electron chi connectivity index (χ2n) is 4.39. The maximum Gasteiger partial charge on any atom is 0.491 e. The maximum absolute atomic E-state index is 12.3. The van der Waals surface area contributed by atoms with Crippen molar-refractivity contribution in [3.8, 4) is 5.75 Å². The number of para-hydroxylation sites is 1. The summed E-state index contributed by atoms with van der Waals surface area (Å²) in [6.45, 7) is 0. The van der Waals surface area contributed by atoms with E-state index in [0.29, 0.717) is 16.4 Å². The van der Waals surface area contributed by atoms with Crippen LogP contribution in [-0.4, -0.2) is 17.1 Å². The number of ether oxygens (including phenoxy) is 1. The number of hydrogen-bond donors (Lipinski definition) is 0. The Balaban J connectivity index is 2.15. The van der Waals surface area contributed by atoms with Crippen molar-refractivity contribution in [1.29, 1.82) is 0 Å². The molecule has 0 radical (unpaired) electrons. The molecular formula is C15H8F3NO2. The highest BCUT2D eigenvalue weighted by Crippen LogP contribution is 2.29. The summed E-state index contributed by atoms with van der Waals surface area (Å²) in [5, 5.41) is 1.11. The van der Waals surface area contributed by atoms with Crippen LogP contribution in [0.4, 0.5) is 13.2 Å². The van der Waals surface area contributed by atoms with E-state index >= 15 is 0 Å². The number of carbonyl (C=O) groups is 1. The Morgan fingerprint density at radius 3 is 2.48 bits per heavy atom. The van der Waals surface area contributed by atoms with E-state index in [1.54, 1.807) is 30.3 Å². The number of aromatic nitrogens is 1. The van der Waals surface area contributed by atoms with Gasteiger partial charge in [0.05, 0.1) is 11.0 Å². The number of hydrogen-bond acceptors (Lipinski definition) is 3. The lowest BCUT2D eigenvalue weighted by molar-refractivity contribution is -0.189. The average Bonchev–Trinajstić information content (AvgIpc) is 2.44. The molecule has 3 aromatic rings. The fourth-order valence-corrected chi connectivity index (χ4v) is 2.02. The Labute approximate surface area is 117 Å². The summed E-state index contributed by atoms with van der Waals surface area (Å²) >= 11 is 0. The number of pyridine rings is 1. The molecule has 1 aromatic heterocycles. The molecule has 106 valence electrons. The highest BCUT2D eigenvalue weighted by Gasteiger charge is 2.41. The lowest BCUT2D eigenvalue weighted by Crippen LogP contribution is -2.28. The van der Waals surface area contributed by atoms with Crippen LogP contribution in [0.15, 0.2) is 48.5 Å². The van der Waals surface area contributed by atoms with E-state index in [4.69, 9.17) is 0 Å². The SMILES string of the molecule is O=C(Oc1cccc2nc3ccccc3cc12)C(F)(F)F. The van der Waals surface area contributed by atoms with Gasteiger partial charge in [0.25, 0.3) is 0 Å². The lowest BCUT2D eigenvalue weighted by Gasteiger charge is -2.09. The highest BCUT2D eigenvalue weighted by molar-refractivity contribution is 5.97. The van der Waals surface area contributed by atoms with Gasteiger partial charge in [-0.2, -0.15) is 13.2 Å². The van der Waals surface area contributed by atoms with Crippen molar-refractivity contribution in [1.82, 2.24) is 4.98 Å². The first-order chi connectivity index (χ1) is 9.95. The van der Waals surface area contributed by atoms with Crippen molar-refractivity contribution < 1.29 is 22.7 Å². The van der Waals surface area contributed by atoms with Crippen LogP contribution in [0.25, 0.3) is 21.8 Å². The fourth-order valence-electron chi connectivity index (χ4n) is 2.02. The summed E-state index contributed by atoms with van der Waals surface area (Å²) in [6, 6.07) is 13.3. The van der Waals surface area contributed by atoms with Crippen LogP contribution in [0.2, 0.25) is 0 Å². The summed E-state index contributed by atoms with van der Waals surface area (Å²) in [5.74, 6) is -2.41. The minimum atomic E-state index is -5.04. The molecule has 0 aliphatic carbocycles. The first kappa shape index (κ1) is 13.4. The topological polar surface area (TPSA) is 39.2 Å². The molecule has 3 rings (SSSR count). The van der Waals surface area contributed by atoms with Gasteiger partial charge in [-0.3, -0.25) is 0 Å². The Kier molecular flexibility index (Phi) is 3.01. The first-order valence-corrected chi connectivity index (χ1v) is 6.03. The number of alkyl halides is 3. The largest absolute Gasteiger partial charge is 0.491 e. The third kappa shape index (κ3) is 2.52. The third-order valence-electron chi connectivity index (χ3n) is 2.95. The van der Waals surface area contributed by atoms with E-state index in [9.17, 15) is 18.0 Å². The van der Waals surface area contributed by atoms with Crippen molar-refractivity contribution in [2.24, 2.45) is 0 Å². The Morgan fingerprint density at radius 1 is 1.00 bits per heavy atom. The molecule has 0 unspecified atom stereocenters. The van der Waals surface area contributed by atoms with Crippen LogP contribution in [0.5, 0.6) is 5.75 Å². The van der Waals surface area contributed by atoms with Gasteiger partial charge in [0.1, 0.15) is 5.75 Å². The number of fused-ring (bicyclic) bond motifs is 2. The molecule has 3 nitrogen and oxygen atoms in total. The van der Waals surface area contributed by atoms with E-state index in [2.05, 4.69) is 9.72 Å². The van der Waals surface area contributed by atoms with Crippen molar-refractivity contribution in [3.05, 3.63) is 48.5 Å². The molecular weight excluding hydrogens is 283 g/mol. The van der Waals surface area contributed by atoms with Crippen LogP contribution in [-0.2, 0) is 4.79 Å². The van der Waals surface area contributed by atoms with Crippen molar-refractivity contribution in [2.45, 2.75) is 6.18 Å². The van der Waals surface area contributed by atoms with Gasteiger partial charge in [-0.1, -0.05) is 24.3 Å². The standard InChI is InChI=1S/C15H8F3NO2/c16-15(17,18)14(20)21-13-7-3-6-12-10(13)8-9-4-1-2-5-11(9)19-12/h1-8H. The molecule has 6 heteroatoms. The molecule has 2 aromatic carbocycles. The average molecular weight is 291 g/mol. The van der Waals surface area contributed by atoms with Gasteiger partial charge < -0.3 is 4.74 Å². The molecule has 0 saturated carbocycles. The van der Waals surface area contributed by atoms with Crippen LogP contribution in [0.1, 0.15) is 0 Å². The second kappa shape index (κ2) is 4.73. The number of benzene rings is 2. The fraction of sp³-hybridized carbons (Fsp3) is 0.0667. The van der Waals surface area contributed by atoms with Gasteiger partial charge in [0.15, 0.2) is 0 Å². The van der Waals surface area contributed by atoms with Gasteiger partial charge in [-0.25, -0.2) is 9.78 Å². The Bertz CT molecular complexity index is 843. The van der Waals surface area contributed by atoms with E-state index in [1.807, 2.05) is 6.07 Å². The van der Waals surface area contributed by atoms with E-state index in [0.717, 1.165) is 5.39 Å². The summed E-state index contributed by atoms with van der Waals surface area (Å²) in [6.07, 6.45) is -5.04. The van der Waals surface area contributed by atoms with Crippen molar-refractivity contribution >= 4 is 27.8 Å². The van der Waals surface area contributed by atoms with Gasteiger partial charge in [-0.05, 0) is 24.3 Å². The maximum atomic E-state index is 12.3. The Hall–Kier alpha value is -2.63. The van der Waals surface area contributed by atoms with Crippen LogP contribution >= 0.6 is 0 Å². The number of nitrogens with zero attached hydrogens (tertiary/aromatic N) is 1. The van der Waals surface area contributed by atoms with Crippen LogP contribution in [0, 0.1) is 0 Å². The Morgan fingerprint density at radius 2 is 1.71 bits per heavy atom. The first-order valence-electron chi connectivity index (χ1n) is 6.03. The molecule has 0 aliphatic heterocycles.